The van der Waals surface area contributed by atoms with E-state index >= 15 is 0 Å². The molecule has 0 saturated carbocycles. The fraction of sp³-hybridized carbons (Fsp3) is 0.667. The van der Waals surface area contributed by atoms with Crippen LogP contribution in [0.2, 0.25) is 0 Å². The van der Waals surface area contributed by atoms with Crippen LogP contribution in [0.25, 0.3) is 0 Å². The Morgan fingerprint density at radius 1 is 1.42 bits per heavy atom. The van der Waals surface area contributed by atoms with Crippen LogP contribution in [-0.2, 0) is 11.3 Å². The Kier molecular flexibility index (Phi) is 9.88. The summed E-state index contributed by atoms with van der Waals surface area (Å²) in [6.07, 6.45) is 0. The van der Waals surface area contributed by atoms with Gasteiger partial charge in [0, 0.05) is 44.1 Å². The zero-order valence-electron chi connectivity index (χ0n) is 16.4. The quantitative estimate of drug-likeness (QED) is 0.363. The van der Waals surface area contributed by atoms with Crippen molar-refractivity contribution in [3.63, 3.8) is 0 Å². The predicted octanol–water partition coefficient (Wildman–Crippen LogP) is 2.22. The van der Waals surface area contributed by atoms with Crippen LogP contribution in [0.4, 0.5) is 0 Å². The van der Waals surface area contributed by atoms with Gasteiger partial charge in [-0.15, -0.1) is 35.3 Å². The molecule has 1 amide bonds. The fourth-order valence-corrected chi connectivity index (χ4v) is 3.46. The molecular formula is C18H32IN5OS. The maximum atomic E-state index is 11.9. The van der Waals surface area contributed by atoms with Gasteiger partial charge >= 0.3 is 0 Å². The second-order valence-corrected chi connectivity index (χ2v) is 8.19. The average molecular weight is 493 g/mol. The number of likely N-dealkylation sites (tertiary alicyclic amines) is 1. The summed E-state index contributed by atoms with van der Waals surface area (Å²) in [5, 5.41) is 8.97. The highest BCUT2D eigenvalue weighted by atomic mass is 127. The first-order valence-electron chi connectivity index (χ1n) is 8.88. The molecule has 1 aliphatic heterocycles. The van der Waals surface area contributed by atoms with Gasteiger partial charge in [0.05, 0.1) is 6.54 Å². The largest absolute Gasteiger partial charge is 0.352 e. The van der Waals surface area contributed by atoms with Gasteiger partial charge in [-0.1, -0.05) is 13.0 Å². The molecule has 148 valence electrons. The number of halogens is 1. The number of hydrogen-bond acceptors (Lipinski definition) is 4. The standard InChI is InChI=1S/C18H31N5OS.HI/c1-13(2)23-11-14(3)16(12-23)21-18(20-10-17(24)22(4)5)19-9-15-7-6-8-25-15;/h6-8,13-14,16H,9-12H2,1-5H3,(H2,19,20,21);1H. The zero-order valence-corrected chi connectivity index (χ0v) is 19.5. The minimum Gasteiger partial charge on any atom is -0.352 e. The van der Waals surface area contributed by atoms with E-state index in [0.29, 0.717) is 30.5 Å². The third-order valence-electron chi connectivity index (χ3n) is 4.57. The van der Waals surface area contributed by atoms with Gasteiger partial charge < -0.3 is 15.5 Å². The summed E-state index contributed by atoms with van der Waals surface area (Å²) in [4.78, 5) is 21.7. The SMILES string of the molecule is CC1CN(C(C)C)CC1NC(=NCC(=O)N(C)C)NCc1cccs1.I. The Balaban J connectivity index is 0.00000338. The first-order chi connectivity index (χ1) is 11.9. The number of nitrogens with zero attached hydrogens (tertiary/aromatic N) is 3. The number of hydrogen-bond donors (Lipinski definition) is 2. The molecule has 2 atom stereocenters. The van der Waals surface area contributed by atoms with Crippen molar-refractivity contribution < 1.29 is 4.79 Å². The normalized spacial score (nSPS) is 20.8. The monoisotopic (exact) mass is 493 g/mol. The fourth-order valence-electron chi connectivity index (χ4n) is 2.81. The summed E-state index contributed by atoms with van der Waals surface area (Å²) in [6.45, 7) is 9.69. The topological polar surface area (TPSA) is 60.0 Å². The van der Waals surface area contributed by atoms with Crippen molar-refractivity contribution in [2.75, 3.05) is 33.7 Å². The van der Waals surface area contributed by atoms with Gasteiger partial charge in [0.25, 0.3) is 0 Å². The Bertz CT molecular complexity index is 576. The van der Waals surface area contributed by atoms with Gasteiger partial charge in [-0.3, -0.25) is 9.69 Å². The maximum Gasteiger partial charge on any atom is 0.243 e. The van der Waals surface area contributed by atoms with Crippen molar-refractivity contribution >= 4 is 47.2 Å². The Morgan fingerprint density at radius 3 is 2.69 bits per heavy atom. The Labute approximate surface area is 178 Å². The Morgan fingerprint density at radius 2 is 2.15 bits per heavy atom. The summed E-state index contributed by atoms with van der Waals surface area (Å²) in [6, 6.07) is 5.02. The molecular weight excluding hydrogens is 461 g/mol. The maximum absolute atomic E-state index is 11.9. The third kappa shape index (κ3) is 7.03. The molecule has 0 bridgehead atoms. The van der Waals surface area contributed by atoms with E-state index in [2.05, 4.69) is 52.7 Å². The lowest BCUT2D eigenvalue weighted by atomic mass is 10.1. The van der Waals surface area contributed by atoms with E-state index in [1.54, 1.807) is 30.3 Å². The molecule has 1 saturated heterocycles. The van der Waals surface area contributed by atoms with E-state index in [1.807, 2.05) is 6.07 Å². The molecule has 26 heavy (non-hydrogen) atoms. The molecule has 0 spiro atoms. The van der Waals surface area contributed by atoms with Crippen LogP contribution in [0, 0.1) is 5.92 Å². The van der Waals surface area contributed by atoms with E-state index in [-0.39, 0.29) is 36.4 Å². The molecule has 6 nitrogen and oxygen atoms in total. The number of nitrogens with one attached hydrogen (secondary N) is 2. The number of guanidine groups is 1. The van der Waals surface area contributed by atoms with Gasteiger partial charge in [-0.05, 0) is 31.2 Å². The minimum atomic E-state index is 0. The highest BCUT2D eigenvalue weighted by molar-refractivity contribution is 14.0. The molecule has 2 rings (SSSR count). The lowest BCUT2D eigenvalue weighted by Crippen LogP contribution is -2.47. The number of likely N-dealkylation sites (N-methyl/N-ethyl adjacent to an activating group) is 1. The van der Waals surface area contributed by atoms with Crippen LogP contribution in [0.5, 0.6) is 0 Å². The first kappa shape index (κ1) is 23.2. The lowest BCUT2D eigenvalue weighted by Gasteiger charge is -2.22. The molecule has 0 radical (unpaired) electrons. The lowest BCUT2D eigenvalue weighted by molar-refractivity contribution is -0.127. The summed E-state index contributed by atoms with van der Waals surface area (Å²) in [7, 11) is 3.51. The molecule has 2 heterocycles. The first-order valence-corrected chi connectivity index (χ1v) is 9.76. The van der Waals surface area contributed by atoms with Gasteiger partial charge in [-0.25, -0.2) is 4.99 Å². The van der Waals surface area contributed by atoms with Crippen LogP contribution in [0.1, 0.15) is 25.6 Å². The van der Waals surface area contributed by atoms with E-state index in [1.165, 1.54) is 4.88 Å². The highest BCUT2D eigenvalue weighted by Crippen LogP contribution is 2.18. The molecule has 1 aliphatic rings. The van der Waals surface area contributed by atoms with Gasteiger partial charge in [-0.2, -0.15) is 0 Å². The van der Waals surface area contributed by atoms with Crippen molar-refractivity contribution in [3.05, 3.63) is 22.4 Å². The number of rotatable bonds is 6. The minimum absolute atomic E-state index is 0. The number of carbonyl (C=O) groups is 1. The number of thiophene rings is 1. The van der Waals surface area contributed by atoms with Crippen LogP contribution >= 0.6 is 35.3 Å². The Hall–Kier alpha value is -0.870. The van der Waals surface area contributed by atoms with E-state index in [0.717, 1.165) is 13.1 Å². The van der Waals surface area contributed by atoms with Gasteiger partial charge in [0.1, 0.15) is 6.54 Å². The molecule has 1 aromatic heterocycles. The van der Waals surface area contributed by atoms with Gasteiger partial charge in [0.2, 0.25) is 5.91 Å². The van der Waals surface area contributed by atoms with Crippen LogP contribution in [0.3, 0.4) is 0 Å². The molecule has 1 aromatic rings. The van der Waals surface area contributed by atoms with Gasteiger partial charge in [0.15, 0.2) is 5.96 Å². The van der Waals surface area contributed by atoms with Crippen molar-refractivity contribution in [1.29, 1.82) is 0 Å². The van der Waals surface area contributed by atoms with Crippen molar-refractivity contribution in [1.82, 2.24) is 20.4 Å². The molecule has 1 fully saturated rings. The van der Waals surface area contributed by atoms with Crippen LogP contribution < -0.4 is 10.6 Å². The van der Waals surface area contributed by atoms with Crippen LogP contribution in [0.15, 0.2) is 22.5 Å². The number of amides is 1. The molecule has 2 unspecified atom stereocenters. The third-order valence-corrected chi connectivity index (χ3v) is 5.45. The van der Waals surface area contributed by atoms with Crippen LogP contribution in [-0.4, -0.2) is 67.5 Å². The predicted molar refractivity (Wildman–Crippen MR) is 120 cm³/mol. The summed E-state index contributed by atoms with van der Waals surface area (Å²) in [5.41, 5.74) is 0. The van der Waals surface area contributed by atoms with E-state index < -0.39 is 0 Å². The zero-order chi connectivity index (χ0) is 18.4. The highest BCUT2D eigenvalue weighted by Gasteiger charge is 2.31. The van der Waals surface area contributed by atoms with Crippen molar-refractivity contribution in [2.45, 2.75) is 39.4 Å². The summed E-state index contributed by atoms with van der Waals surface area (Å²) in [5.74, 6) is 1.26. The molecule has 8 heteroatoms. The average Bonchev–Trinajstić information content (AvgIpc) is 3.19. The summed E-state index contributed by atoms with van der Waals surface area (Å²) >= 11 is 1.71. The number of carbonyl (C=O) groups excluding carboxylic acids is 1. The van der Waals surface area contributed by atoms with E-state index in [9.17, 15) is 4.79 Å². The molecule has 0 aliphatic carbocycles. The van der Waals surface area contributed by atoms with Crippen molar-refractivity contribution in [3.8, 4) is 0 Å². The summed E-state index contributed by atoms with van der Waals surface area (Å²) < 4.78 is 0. The molecule has 2 N–H and O–H groups in total. The number of aliphatic imine (C=N–C) groups is 1. The second-order valence-electron chi connectivity index (χ2n) is 7.16. The second kappa shape index (κ2) is 11.1. The smallest absolute Gasteiger partial charge is 0.243 e. The van der Waals surface area contributed by atoms with E-state index in [4.69, 9.17) is 0 Å². The van der Waals surface area contributed by atoms with Crippen molar-refractivity contribution in [2.24, 2.45) is 10.9 Å². The molecule has 0 aromatic carbocycles.